The molecule has 4 heteroatoms. The van der Waals surface area contributed by atoms with Gasteiger partial charge in [-0.15, -0.1) is 0 Å². The van der Waals surface area contributed by atoms with Crippen LogP contribution >= 0.6 is 0 Å². The molecule has 0 spiro atoms. The lowest BCUT2D eigenvalue weighted by Crippen LogP contribution is -2.43. The molecule has 1 rings (SSSR count). The molecule has 0 aliphatic carbocycles. The molecule has 0 bridgehead atoms. The summed E-state index contributed by atoms with van der Waals surface area (Å²) in [6.07, 6.45) is 0. The first-order valence-electron chi connectivity index (χ1n) is 2.66. The minimum Gasteiger partial charge on any atom is -0.326 e. The van der Waals surface area contributed by atoms with Gasteiger partial charge >= 0.3 is 11.8 Å². The Kier molecular flexibility index (Phi) is 0.986. The SMILES string of the molecule is CC1(C)NC(=O)C(=O)N1. The topological polar surface area (TPSA) is 58.2 Å². The first kappa shape index (κ1) is 6.07. The molecule has 4 nitrogen and oxygen atoms in total. The molecular formula is C5H8N2O2. The summed E-state index contributed by atoms with van der Waals surface area (Å²) in [5.74, 6) is -1.11. The van der Waals surface area contributed by atoms with Gasteiger partial charge in [0.2, 0.25) is 0 Å². The molecule has 0 unspecified atom stereocenters. The Morgan fingerprint density at radius 3 is 1.56 bits per heavy atom. The minimum atomic E-state index is -0.561. The van der Waals surface area contributed by atoms with Gasteiger partial charge in [-0.1, -0.05) is 0 Å². The lowest BCUT2D eigenvalue weighted by atomic mass is 10.3. The van der Waals surface area contributed by atoms with E-state index < -0.39 is 17.5 Å². The van der Waals surface area contributed by atoms with E-state index in [1.54, 1.807) is 13.8 Å². The average Bonchev–Trinajstić information content (AvgIpc) is 1.79. The molecule has 0 aromatic heterocycles. The number of hydrogen-bond donors (Lipinski definition) is 2. The summed E-state index contributed by atoms with van der Waals surface area (Å²) in [5, 5.41) is 4.89. The standard InChI is InChI=1S/C5H8N2O2/c1-5(2)6-3(8)4(9)7-5/h1-2H3,(H,6,8)(H,7,9). The van der Waals surface area contributed by atoms with Crippen LogP contribution < -0.4 is 10.6 Å². The summed E-state index contributed by atoms with van der Waals surface area (Å²) in [7, 11) is 0. The lowest BCUT2D eigenvalue weighted by Gasteiger charge is -2.15. The Morgan fingerprint density at radius 1 is 1.11 bits per heavy atom. The number of carbonyl (C=O) groups excluding carboxylic acids is 2. The van der Waals surface area contributed by atoms with E-state index in [9.17, 15) is 9.59 Å². The second-order valence-corrected chi connectivity index (χ2v) is 2.53. The fourth-order valence-electron chi connectivity index (χ4n) is 0.712. The van der Waals surface area contributed by atoms with Crippen LogP contribution in [0.15, 0.2) is 0 Å². The van der Waals surface area contributed by atoms with Gasteiger partial charge in [0.05, 0.1) is 0 Å². The van der Waals surface area contributed by atoms with Crippen molar-refractivity contribution in [1.29, 1.82) is 0 Å². The van der Waals surface area contributed by atoms with Gasteiger partial charge in [0.1, 0.15) is 5.66 Å². The maximum absolute atomic E-state index is 10.5. The van der Waals surface area contributed by atoms with E-state index in [2.05, 4.69) is 10.6 Å². The summed E-state index contributed by atoms with van der Waals surface area (Å²) in [6.45, 7) is 3.44. The Morgan fingerprint density at radius 2 is 1.44 bits per heavy atom. The van der Waals surface area contributed by atoms with E-state index in [1.165, 1.54) is 0 Å². The number of nitrogens with one attached hydrogen (secondary N) is 2. The monoisotopic (exact) mass is 128 g/mol. The van der Waals surface area contributed by atoms with E-state index in [-0.39, 0.29) is 0 Å². The number of amides is 2. The predicted molar refractivity (Wildman–Crippen MR) is 30.4 cm³/mol. The third-order valence-corrected chi connectivity index (χ3v) is 1.06. The van der Waals surface area contributed by atoms with Crippen molar-refractivity contribution in [2.24, 2.45) is 0 Å². The highest BCUT2D eigenvalue weighted by molar-refractivity contribution is 6.37. The second-order valence-electron chi connectivity index (χ2n) is 2.53. The molecule has 1 aliphatic rings. The van der Waals surface area contributed by atoms with Gasteiger partial charge in [0.15, 0.2) is 0 Å². The van der Waals surface area contributed by atoms with Gasteiger partial charge in [-0.05, 0) is 13.8 Å². The zero-order chi connectivity index (χ0) is 7.07. The molecule has 9 heavy (non-hydrogen) atoms. The van der Waals surface area contributed by atoms with E-state index in [0.717, 1.165) is 0 Å². The highest BCUT2D eigenvalue weighted by Gasteiger charge is 2.34. The highest BCUT2D eigenvalue weighted by atomic mass is 16.2. The van der Waals surface area contributed by atoms with Gasteiger partial charge in [0.25, 0.3) is 0 Å². The van der Waals surface area contributed by atoms with Crippen molar-refractivity contribution in [2.75, 3.05) is 0 Å². The summed E-state index contributed by atoms with van der Waals surface area (Å²) < 4.78 is 0. The van der Waals surface area contributed by atoms with Crippen LogP contribution in [0.1, 0.15) is 13.8 Å². The minimum absolute atomic E-state index is 0.556. The summed E-state index contributed by atoms with van der Waals surface area (Å²) >= 11 is 0. The molecule has 1 aliphatic heterocycles. The molecule has 1 heterocycles. The molecule has 50 valence electrons. The fraction of sp³-hybridized carbons (Fsp3) is 0.600. The van der Waals surface area contributed by atoms with Crippen molar-refractivity contribution in [2.45, 2.75) is 19.5 Å². The molecule has 0 saturated carbocycles. The van der Waals surface area contributed by atoms with E-state index in [1.807, 2.05) is 0 Å². The van der Waals surface area contributed by atoms with Crippen LogP contribution in [0.2, 0.25) is 0 Å². The van der Waals surface area contributed by atoms with Crippen LogP contribution in [0.3, 0.4) is 0 Å². The smallest absolute Gasteiger partial charge is 0.311 e. The molecule has 2 N–H and O–H groups in total. The molecule has 0 radical (unpaired) electrons. The number of rotatable bonds is 0. The average molecular weight is 128 g/mol. The van der Waals surface area contributed by atoms with Gasteiger partial charge in [-0.25, -0.2) is 0 Å². The third kappa shape index (κ3) is 1.01. The summed E-state index contributed by atoms with van der Waals surface area (Å²) in [4.78, 5) is 20.9. The maximum Gasteiger partial charge on any atom is 0.311 e. The first-order valence-corrected chi connectivity index (χ1v) is 2.66. The van der Waals surface area contributed by atoms with E-state index in [4.69, 9.17) is 0 Å². The second kappa shape index (κ2) is 1.46. The zero-order valence-corrected chi connectivity index (χ0v) is 5.32. The quantitative estimate of drug-likeness (QED) is 0.410. The van der Waals surface area contributed by atoms with Gasteiger partial charge in [-0.2, -0.15) is 0 Å². The molecule has 2 amide bonds. The van der Waals surface area contributed by atoms with Crippen molar-refractivity contribution in [3.05, 3.63) is 0 Å². The number of hydrogen-bond acceptors (Lipinski definition) is 2. The van der Waals surface area contributed by atoms with Gasteiger partial charge in [0, 0.05) is 0 Å². The Hall–Kier alpha value is -1.06. The maximum atomic E-state index is 10.5. The first-order chi connectivity index (χ1) is 4.01. The van der Waals surface area contributed by atoms with E-state index in [0.29, 0.717) is 0 Å². The van der Waals surface area contributed by atoms with Crippen LogP contribution in [0.5, 0.6) is 0 Å². The van der Waals surface area contributed by atoms with Crippen LogP contribution in [0.25, 0.3) is 0 Å². The van der Waals surface area contributed by atoms with Crippen molar-refractivity contribution < 1.29 is 9.59 Å². The van der Waals surface area contributed by atoms with Crippen molar-refractivity contribution in [3.8, 4) is 0 Å². The molecule has 0 aromatic rings. The van der Waals surface area contributed by atoms with E-state index >= 15 is 0 Å². The Bertz CT molecular complexity index is 156. The molecular weight excluding hydrogens is 120 g/mol. The lowest BCUT2D eigenvalue weighted by molar-refractivity contribution is -0.135. The Labute approximate surface area is 52.6 Å². The van der Waals surface area contributed by atoms with Crippen LogP contribution in [-0.2, 0) is 9.59 Å². The van der Waals surface area contributed by atoms with Crippen molar-refractivity contribution >= 4 is 11.8 Å². The van der Waals surface area contributed by atoms with Gasteiger partial charge < -0.3 is 10.6 Å². The van der Waals surface area contributed by atoms with Crippen LogP contribution in [0.4, 0.5) is 0 Å². The van der Waals surface area contributed by atoms with Gasteiger partial charge in [-0.3, -0.25) is 9.59 Å². The zero-order valence-electron chi connectivity index (χ0n) is 5.32. The molecule has 0 aromatic carbocycles. The van der Waals surface area contributed by atoms with Crippen LogP contribution in [0, 0.1) is 0 Å². The highest BCUT2D eigenvalue weighted by Crippen LogP contribution is 2.01. The Balaban J connectivity index is 2.76. The van der Waals surface area contributed by atoms with Crippen LogP contribution in [-0.4, -0.2) is 17.5 Å². The fourth-order valence-corrected chi connectivity index (χ4v) is 0.712. The molecule has 1 fully saturated rings. The summed E-state index contributed by atoms with van der Waals surface area (Å²) in [6, 6.07) is 0. The predicted octanol–water partition coefficient (Wildman–Crippen LogP) is -1.03. The molecule has 1 saturated heterocycles. The number of carbonyl (C=O) groups is 2. The normalized spacial score (nSPS) is 23.3. The molecule has 0 atom stereocenters. The largest absolute Gasteiger partial charge is 0.326 e. The van der Waals surface area contributed by atoms with Crippen molar-refractivity contribution in [1.82, 2.24) is 10.6 Å². The van der Waals surface area contributed by atoms with Crippen molar-refractivity contribution in [3.63, 3.8) is 0 Å². The summed E-state index contributed by atoms with van der Waals surface area (Å²) in [5.41, 5.74) is -0.561. The third-order valence-electron chi connectivity index (χ3n) is 1.06.